The van der Waals surface area contributed by atoms with Gasteiger partial charge in [-0.1, -0.05) is 18.2 Å². The minimum atomic E-state index is -0.403. The molecule has 0 saturated carbocycles. The molecule has 0 fully saturated rings. The molecule has 2 N–H and O–H groups in total. The topological polar surface area (TPSA) is 104 Å². The van der Waals surface area contributed by atoms with E-state index in [1.165, 1.54) is 24.3 Å². The number of allylic oxidation sites excluding steroid dienone is 4. The third-order valence-electron chi connectivity index (χ3n) is 3.79. The maximum absolute atomic E-state index is 12.5. The Balaban J connectivity index is 2.50. The van der Waals surface area contributed by atoms with E-state index in [1.54, 1.807) is 6.07 Å². The van der Waals surface area contributed by atoms with Gasteiger partial charge >= 0.3 is 0 Å². The molecule has 1 rings (SSSR count). The van der Waals surface area contributed by atoms with Gasteiger partial charge < -0.3 is 33.9 Å². The van der Waals surface area contributed by atoms with Gasteiger partial charge in [-0.2, -0.15) is 0 Å². The first-order valence-corrected chi connectivity index (χ1v) is 11.7. The molecule has 1 aromatic carbocycles. The molecule has 0 radical (unpaired) electrons. The summed E-state index contributed by atoms with van der Waals surface area (Å²) in [5, 5.41) is 19.0. The number of carbonyl (C=O) groups is 1. The van der Waals surface area contributed by atoms with Crippen LogP contribution in [0.3, 0.4) is 0 Å². The molecular weight excluding hydrogens is 567 g/mol. The first-order valence-electron chi connectivity index (χ1n) is 10.3. The Bertz CT molecular complexity index is 810. The Hall–Kier alpha value is -1.63. The molecule has 10 heteroatoms. The van der Waals surface area contributed by atoms with Crippen molar-refractivity contribution in [2.24, 2.45) is 0 Å². The van der Waals surface area contributed by atoms with Gasteiger partial charge in [0.25, 0.3) is 0 Å². The van der Waals surface area contributed by atoms with E-state index in [-0.39, 0.29) is 29.6 Å². The number of aliphatic hydroxyl groups excluding tert-OH is 1. The van der Waals surface area contributed by atoms with E-state index in [2.05, 4.69) is 6.58 Å². The highest BCUT2D eigenvalue weighted by Gasteiger charge is 2.13. The molecule has 184 valence electrons. The van der Waals surface area contributed by atoms with Gasteiger partial charge in [0.1, 0.15) is 23.9 Å². The summed E-state index contributed by atoms with van der Waals surface area (Å²) >= 11 is 7.89. The summed E-state index contributed by atoms with van der Waals surface area (Å²) in [7, 11) is 0. The number of phenols is 1. The lowest BCUT2D eigenvalue weighted by atomic mass is 10.1. The minimum absolute atomic E-state index is 0.0105. The highest BCUT2D eigenvalue weighted by molar-refractivity contribution is 14.1. The lowest BCUT2D eigenvalue weighted by Gasteiger charge is -2.10. The number of phenolic OH excluding ortho intramolecular Hbond substituents is 1. The summed E-state index contributed by atoms with van der Waals surface area (Å²) in [5.74, 6) is 0.264. The smallest absolute Gasteiger partial charge is 0.189 e. The molecule has 0 heterocycles. The van der Waals surface area contributed by atoms with Crippen LogP contribution >= 0.6 is 34.2 Å². The third-order valence-corrected chi connectivity index (χ3v) is 4.74. The standard InChI is InChI=1S/C23H30ClIO8/c1-3-32-23-16-22(28)19(15-20(23)25)21(27)5-4-18(14-17(2)24)33-13-12-31-11-10-30-9-8-29-7-6-26/h4-5,14-16,26,28H,2-3,6-13H2,1H3/b5-4-,18-14+. The average molecular weight is 597 g/mol. The first kappa shape index (κ1) is 29.4. The summed E-state index contributed by atoms with van der Waals surface area (Å²) in [6.45, 7) is 8.33. The molecule has 0 spiro atoms. The molecule has 8 nitrogen and oxygen atoms in total. The number of halogens is 2. The second-order valence-electron chi connectivity index (χ2n) is 6.33. The van der Waals surface area contributed by atoms with Crippen molar-refractivity contribution >= 4 is 40.0 Å². The number of hydrogen-bond donors (Lipinski definition) is 2. The number of ketones is 1. The molecular formula is C23H30ClIO8. The Morgan fingerprint density at radius 3 is 2.24 bits per heavy atom. The number of aromatic hydroxyl groups is 1. The average Bonchev–Trinajstić information content (AvgIpc) is 2.77. The molecule has 0 unspecified atom stereocenters. The number of benzene rings is 1. The van der Waals surface area contributed by atoms with Crippen LogP contribution in [0.25, 0.3) is 0 Å². The van der Waals surface area contributed by atoms with E-state index in [4.69, 9.17) is 40.4 Å². The molecule has 0 amide bonds. The van der Waals surface area contributed by atoms with E-state index in [0.717, 1.165) is 0 Å². The third kappa shape index (κ3) is 13.0. The zero-order chi connectivity index (χ0) is 24.5. The van der Waals surface area contributed by atoms with Gasteiger partial charge in [0.15, 0.2) is 5.78 Å². The molecule has 0 bridgehead atoms. The molecule has 0 aliphatic carbocycles. The van der Waals surface area contributed by atoms with Crippen LogP contribution in [0.1, 0.15) is 17.3 Å². The summed E-state index contributed by atoms with van der Waals surface area (Å²) in [5.41, 5.74) is 0.147. The number of aliphatic hydroxyl groups is 1. The van der Waals surface area contributed by atoms with Crippen molar-refractivity contribution in [3.63, 3.8) is 0 Å². The lowest BCUT2D eigenvalue weighted by Crippen LogP contribution is -2.12. The van der Waals surface area contributed by atoms with Gasteiger partial charge in [0.05, 0.1) is 62.0 Å². The van der Waals surface area contributed by atoms with Crippen LogP contribution in [-0.2, 0) is 18.9 Å². The van der Waals surface area contributed by atoms with Gasteiger partial charge in [0, 0.05) is 11.1 Å². The fourth-order valence-electron chi connectivity index (χ4n) is 2.37. The van der Waals surface area contributed by atoms with Gasteiger partial charge in [-0.25, -0.2) is 0 Å². The number of ether oxygens (including phenoxy) is 5. The van der Waals surface area contributed by atoms with Gasteiger partial charge in [0.2, 0.25) is 0 Å². The Kier molecular flexibility index (Phi) is 15.9. The largest absolute Gasteiger partial charge is 0.507 e. The Labute approximate surface area is 212 Å². The molecule has 0 aliphatic rings. The fraction of sp³-hybridized carbons (Fsp3) is 0.435. The molecule has 1 aromatic rings. The molecule has 33 heavy (non-hydrogen) atoms. The monoisotopic (exact) mass is 596 g/mol. The fourth-order valence-corrected chi connectivity index (χ4v) is 3.10. The van der Waals surface area contributed by atoms with Crippen molar-refractivity contribution in [3.8, 4) is 11.5 Å². The molecule has 0 atom stereocenters. The van der Waals surface area contributed by atoms with Crippen LogP contribution in [-0.4, -0.2) is 75.5 Å². The van der Waals surface area contributed by atoms with Crippen molar-refractivity contribution < 1.29 is 38.7 Å². The summed E-state index contributed by atoms with van der Waals surface area (Å²) in [6, 6.07) is 2.98. The van der Waals surface area contributed by atoms with Crippen LogP contribution in [0.5, 0.6) is 11.5 Å². The molecule has 0 aromatic heterocycles. The lowest BCUT2D eigenvalue weighted by molar-refractivity contribution is 0.000443. The molecule has 0 aliphatic heterocycles. The van der Waals surface area contributed by atoms with Gasteiger partial charge in [-0.3, -0.25) is 4.79 Å². The predicted molar refractivity (Wildman–Crippen MR) is 134 cm³/mol. The normalized spacial score (nSPS) is 11.7. The number of rotatable bonds is 18. The van der Waals surface area contributed by atoms with Gasteiger partial charge in [-0.15, -0.1) is 0 Å². The van der Waals surface area contributed by atoms with Crippen molar-refractivity contribution in [3.05, 3.63) is 56.9 Å². The van der Waals surface area contributed by atoms with Crippen LogP contribution in [0.4, 0.5) is 0 Å². The van der Waals surface area contributed by atoms with Crippen molar-refractivity contribution in [1.82, 2.24) is 0 Å². The highest BCUT2D eigenvalue weighted by Crippen LogP contribution is 2.30. The second-order valence-corrected chi connectivity index (χ2v) is 7.98. The summed E-state index contributed by atoms with van der Waals surface area (Å²) < 4.78 is 27.5. The number of carbonyl (C=O) groups excluding carboxylic acids is 1. The Morgan fingerprint density at radius 2 is 1.67 bits per heavy atom. The zero-order valence-electron chi connectivity index (χ0n) is 18.6. The van der Waals surface area contributed by atoms with Crippen molar-refractivity contribution in [2.45, 2.75) is 6.92 Å². The van der Waals surface area contributed by atoms with Crippen molar-refractivity contribution in [2.75, 3.05) is 59.5 Å². The highest BCUT2D eigenvalue weighted by atomic mass is 127. The molecule has 0 saturated heterocycles. The van der Waals surface area contributed by atoms with Crippen LogP contribution < -0.4 is 4.74 Å². The zero-order valence-corrected chi connectivity index (χ0v) is 21.5. The van der Waals surface area contributed by atoms with E-state index < -0.39 is 5.78 Å². The quantitative estimate of drug-likeness (QED) is 0.0659. The van der Waals surface area contributed by atoms with Crippen LogP contribution in [0, 0.1) is 3.57 Å². The van der Waals surface area contributed by atoms with Crippen LogP contribution in [0.2, 0.25) is 0 Å². The van der Waals surface area contributed by atoms with E-state index in [1.807, 2.05) is 29.5 Å². The SMILES string of the molecule is C=C(Cl)/C=C(\C=C/C(=O)c1cc(I)c(OCC)cc1O)OCCOCCOCCOCCO. The summed E-state index contributed by atoms with van der Waals surface area (Å²) in [6.07, 6.45) is 4.21. The second kappa shape index (κ2) is 17.8. The summed E-state index contributed by atoms with van der Waals surface area (Å²) in [4.78, 5) is 12.5. The van der Waals surface area contributed by atoms with E-state index in [9.17, 15) is 9.90 Å². The number of hydrogen-bond acceptors (Lipinski definition) is 8. The van der Waals surface area contributed by atoms with E-state index >= 15 is 0 Å². The maximum Gasteiger partial charge on any atom is 0.189 e. The van der Waals surface area contributed by atoms with Crippen LogP contribution in [0.15, 0.2) is 47.7 Å². The first-order chi connectivity index (χ1) is 15.9. The predicted octanol–water partition coefficient (Wildman–Crippen LogP) is 3.83. The maximum atomic E-state index is 12.5. The van der Waals surface area contributed by atoms with Gasteiger partial charge in [-0.05, 0) is 53.8 Å². The van der Waals surface area contributed by atoms with E-state index in [0.29, 0.717) is 61.3 Å². The Morgan fingerprint density at radius 1 is 1.06 bits per heavy atom. The minimum Gasteiger partial charge on any atom is -0.507 e. The van der Waals surface area contributed by atoms with Crippen molar-refractivity contribution in [1.29, 1.82) is 0 Å².